The predicted octanol–water partition coefficient (Wildman–Crippen LogP) is 9.34. The zero-order chi connectivity index (χ0) is 37.5. The molecule has 6 atom stereocenters. The van der Waals surface area contributed by atoms with Gasteiger partial charge in [0.05, 0.1) is 39.1 Å². The molecule has 0 amide bonds. The van der Waals surface area contributed by atoms with Crippen LogP contribution in [0.1, 0.15) is 55.9 Å². The second-order valence-electron chi connectivity index (χ2n) is 15.6. The molecule has 7 nitrogen and oxygen atoms in total. The molecule has 53 heavy (non-hydrogen) atoms. The monoisotopic (exact) mass is 738 g/mol. The molecule has 0 N–H and O–H groups in total. The minimum Gasteiger partial charge on any atom is -0.417 e. The van der Waals surface area contributed by atoms with E-state index in [4.69, 9.17) is 28.1 Å². The molecular weight excluding hydrogens is 681 g/mol. The van der Waals surface area contributed by atoms with Gasteiger partial charge in [0.2, 0.25) is 0 Å². The van der Waals surface area contributed by atoms with E-state index in [0.717, 1.165) is 28.5 Å². The molecule has 1 aliphatic heterocycles. The molecule has 1 saturated heterocycles. The van der Waals surface area contributed by atoms with Gasteiger partial charge in [-0.2, -0.15) is 0 Å². The Morgan fingerprint density at radius 2 is 1.04 bits per heavy atom. The fourth-order valence-corrected chi connectivity index (χ4v) is 7.40. The highest BCUT2D eigenvalue weighted by atomic mass is 28.4. The molecular formula is C45H58O7Si. The molecule has 0 aromatic heterocycles. The second kappa shape index (κ2) is 20.3. The first-order chi connectivity index (χ1) is 25.6. The summed E-state index contributed by atoms with van der Waals surface area (Å²) in [5.41, 5.74) is 4.24. The topological polar surface area (TPSA) is 72.5 Å². The van der Waals surface area contributed by atoms with Gasteiger partial charge >= 0.3 is 0 Å². The Morgan fingerprint density at radius 3 is 1.47 bits per heavy atom. The third-order valence-corrected chi connectivity index (χ3v) is 15.0. The molecule has 0 radical (unpaired) electrons. The first-order valence-corrected chi connectivity index (χ1v) is 21.8. The van der Waals surface area contributed by atoms with Gasteiger partial charge < -0.3 is 32.9 Å². The van der Waals surface area contributed by atoms with Gasteiger partial charge in [0.25, 0.3) is 0 Å². The summed E-state index contributed by atoms with van der Waals surface area (Å²) in [6.45, 7) is 13.5. The van der Waals surface area contributed by atoms with E-state index < -0.39 is 38.8 Å². The van der Waals surface area contributed by atoms with Crippen molar-refractivity contribution in [2.45, 2.75) is 109 Å². The summed E-state index contributed by atoms with van der Waals surface area (Å²) in [6, 6.07) is 40.6. The predicted molar refractivity (Wildman–Crippen MR) is 212 cm³/mol. The first-order valence-electron chi connectivity index (χ1n) is 18.9. The summed E-state index contributed by atoms with van der Waals surface area (Å²) in [6.07, 6.45) is -0.510. The van der Waals surface area contributed by atoms with Crippen LogP contribution in [-0.2, 0) is 59.3 Å². The number of carbonyl (C=O) groups excluding carboxylic acids is 1. The maximum absolute atomic E-state index is 12.1. The fraction of sp³-hybridized carbons (Fsp3) is 0.444. The Hall–Kier alpha value is -3.47. The third kappa shape index (κ3) is 12.5. The molecule has 4 aromatic carbocycles. The Morgan fingerprint density at radius 1 is 0.623 bits per heavy atom. The second-order valence-corrected chi connectivity index (χ2v) is 20.4. The Balaban J connectivity index is 1.48. The molecule has 0 unspecified atom stereocenters. The summed E-state index contributed by atoms with van der Waals surface area (Å²) in [5, 5.41) is 0.0439. The molecule has 8 heteroatoms. The van der Waals surface area contributed by atoms with Gasteiger partial charge in [-0.15, -0.1) is 0 Å². The van der Waals surface area contributed by atoms with E-state index in [0.29, 0.717) is 52.5 Å². The third-order valence-electron chi connectivity index (χ3n) is 10.5. The highest BCUT2D eigenvalue weighted by Gasteiger charge is 2.49. The molecule has 1 fully saturated rings. The van der Waals surface area contributed by atoms with Crippen molar-refractivity contribution < 1.29 is 32.9 Å². The molecule has 284 valence electrons. The average Bonchev–Trinajstić information content (AvgIpc) is 3.16. The van der Waals surface area contributed by atoms with Crippen LogP contribution in [0.2, 0.25) is 18.1 Å². The summed E-state index contributed by atoms with van der Waals surface area (Å²) in [7, 11) is -2.07. The van der Waals surface area contributed by atoms with Crippen LogP contribution in [0.4, 0.5) is 0 Å². The smallest absolute Gasteiger partial charge is 0.191 e. The molecule has 0 spiro atoms. The highest BCUT2D eigenvalue weighted by Crippen LogP contribution is 2.38. The molecule has 0 saturated carbocycles. The summed E-state index contributed by atoms with van der Waals surface area (Å²) < 4.78 is 40.7. The van der Waals surface area contributed by atoms with Gasteiger partial charge in [0.15, 0.2) is 8.32 Å². The highest BCUT2D eigenvalue weighted by molar-refractivity contribution is 6.74. The van der Waals surface area contributed by atoms with Crippen LogP contribution in [0, 0.1) is 5.92 Å². The molecule has 1 heterocycles. The zero-order valence-corrected chi connectivity index (χ0v) is 33.1. The Bertz CT molecular complexity index is 1600. The lowest BCUT2D eigenvalue weighted by Crippen LogP contribution is -2.61. The maximum atomic E-state index is 12.1. The largest absolute Gasteiger partial charge is 0.417 e. The quantitative estimate of drug-likeness (QED) is 0.0661. The molecule has 1 aliphatic rings. The number of hydrogen-bond acceptors (Lipinski definition) is 7. The number of benzene rings is 4. The normalized spacial score (nSPS) is 21.3. The Kier molecular flexibility index (Phi) is 15.6. The van der Waals surface area contributed by atoms with Crippen LogP contribution in [-0.4, -0.2) is 58.3 Å². The molecule has 0 aliphatic carbocycles. The van der Waals surface area contributed by atoms with Crippen molar-refractivity contribution in [3.63, 3.8) is 0 Å². The SMILES string of the molecule is CC(C)(C)[Si](C)(C)OC[C@@H](CC=O)C[C@@H]1O[C@H](COCc2ccccc2)[C@H](OCc2ccccc2)[C@H](OCc2ccccc2)[C@H]1OCc1ccccc1. The van der Waals surface area contributed by atoms with Crippen LogP contribution in [0.15, 0.2) is 121 Å². The summed E-state index contributed by atoms with van der Waals surface area (Å²) in [4.78, 5) is 12.1. The minimum atomic E-state index is -2.07. The van der Waals surface area contributed by atoms with Crippen molar-refractivity contribution >= 4 is 14.6 Å². The van der Waals surface area contributed by atoms with Crippen LogP contribution < -0.4 is 0 Å². The van der Waals surface area contributed by atoms with E-state index in [2.05, 4.69) is 82.4 Å². The number of ether oxygens (including phenoxy) is 5. The van der Waals surface area contributed by atoms with Crippen molar-refractivity contribution in [3.05, 3.63) is 144 Å². The van der Waals surface area contributed by atoms with Crippen molar-refractivity contribution in [3.8, 4) is 0 Å². The van der Waals surface area contributed by atoms with Crippen molar-refractivity contribution in [1.82, 2.24) is 0 Å². The van der Waals surface area contributed by atoms with Gasteiger partial charge in [-0.3, -0.25) is 0 Å². The van der Waals surface area contributed by atoms with Gasteiger partial charge in [-0.25, -0.2) is 0 Å². The average molecular weight is 739 g/mol. The van der Waals surface area contributed by atoms with Crippen LogP contribution in [0.3, 0.4) is 0 Å². The van der Waals surface area contributed by atoms with E-state index >= 15 is 0 Å². The number of aldehydes is 1. The Labute approximate surface area is 318 Å². The summed E-state index contributed by atoms with van der Waals surface area (Å²) in [5.74, 6) is -0.0723. The lowest BCUT2D eigenvalue weighted by molar-refractivity contribution is -0.275. The van der Waals surface area contributed by atoms with Gasteiger partial charge in [0.1, 0.15) is 30.7 Å². The summed E-state index contributed by atoms with van der Waals surface area (Å²) >= 11 is 0. The lowest BCUT2D eigenvalue weighted by Gasteiger charge is -2.47. The van der Waals surface area contributed by atoms with E-state index in [1.54, 1.807) is 0 Å². The van der Waals surface area contributed by atoms with E-state index in [9.17, 15) is 4.79 Å². The minimum absolute atomic E-state index is 0.0439. The standard InChI is InChI=1S/C45H58O7Si/c1-45(2,3)53(4,5)51-33-39(26-27-46)28-40-42(48-30-36-20-12-7-13-21-36)44(50-32-38-24-16-9-17-25-38)43(49-31-37-22-14-8-15-23-37)41(52-40)34-47-29-35-18-10-6-11-19-35/h6-25,27,39-44H,26,28-34H2,1-5H3/t39-,40-,41+,42-,43-,44+/m0/s1. The van der Waals surface area contributed by atoms with Crippen LogP contribution in [0.5, 0.6) is 0 Å². The van der Waals surface area contributed by atoms with E-state index in [-0.39, 0.29) is 11.0 Å². The van der Waals surface area contributed by atoms with E-state index in [1.807, 2.05) is 72.8 Å². The molecule has 5 rings (SSSR count). The molecule has 0 bridgehead atoms. The van der Waals surface area contributed by atoms with Gasteiger partial charge in [0, 0.05) is 13.0 Å². The van der Waals surface area contributed by atoms with Gasteiger partial charge in [-0.05, 0) is 52.7 Å². The van der Waals surface area contributed by atoms with Crippen molar-refractivity contribution in [2.24, 2.45) is 5.92 Å². The molecule has 4 aromatic rings. The van der Waals surface area contributed by atoms with Crippen molar-refractivity contribution in [1.29, 1.82) is 0 Å². The van der Waals surface area contributed by atoms with Gasteiger partial charge in [-0.1, -0.05) is 142 Å². The van der Waals surface area contributed by atoms with Crippen molar-refractivity contribution in [2.75, 3.05) is 13.2 Å². The van der Waals surface area contributed by atoms with E-state index in [1.165, 1.54) is 0 Å². The lowest BCUT2D eigenvalue weighted by atomic mass is 9.88. The van der Waals surface area contributed by atoms with Crippen LogP contribution in [0.25, 0.3) is 0 Å². The number of rotatable bonds is 20. The number of hydrogen-bond donors (Lipinski definition) is 0. The van der Waals surface area contributed by atoms with Crippen LogP contribution >= 0.6 is 0 Å². The fourth-order valence-electron chi connectivity index (χ4n) is 6.31. The number of carbonyl (C=O) groups is 1. The zero-order valence-electron chi connectivity index (χ0n) is 32.1. The first kappa shape index (κ1) is 40.7. The maximum Gasteiger partial charge on any atom is 0.191 e.